The van der Waals surface area contributed by atoms with Gasteiger partial charge >= 0.3 is 5.97 Å². The van der Waals surface area contributed by atoms with E-state index in [4.69, 9.17) is 10.5 Å². The first-order valence-electron chi connectivity index (χ1n) is 5.33. The van der Waals surface area contributed by atoms with Crippen molar-refractivity contribution >= 4 is 5.97 Å². The van der Waals surface area contributed by atoms with E-state index in [2.05, 4.69) is 0 Å². The lowest BCUT2D eigenvalue weighted by Crippen LogP contribution is -2.34. The average molecular weight is 243 g/mol. The van der Waals surface area contributed by atoms with Gasteiger partial charge in [-0.3, -0.25) is 4.79 Å². The molecule has 94 valence electrons. The summed E-state index contributed by atoms with van der Waals surface area (Å²) in [5, 5.41) is 0. The molecule has 0 amide bonds. The van der Waals surface area contributed by atoms with Crippen molar-refractivity contribution < 1.29 is 18.3 Å². The number of ether oxygens (including phenoxy) is 1. The molecule has 0 saturated carbocycles. The maximum absolute atomic E-state index is 13.3. The Morgan fingerprint density at radius 1 is 1.47 bits per heavy atom. The molecule has 0 aromatic heterocycles. The number of carbonyl (C=O) groups excluding carboxylic acids is 1. The molecular formula is C12H15F2NO2. The number of hydrogen-bond donors (Lipinski definition) is 1. The van der Waals surface area contributed by atoms with E-state index < -0.39 is 23.6 Å². The third kappa shape index (κ3) is 3.23. The zero-order valence-corrected chi connectivity index (χ0v) is 9.80. The summed E-state index contributed by atoms with van der Waals surface area (Å²) in [4.78, 5) is 11.3. The zero-order chi connectivity index (χ0) is 13.0. The first-order chi connectivity index (χ1) is 7.97. The van der Waals surface area contributed by atoms with Crippen LogP contribution in [0.4, 0.5) is 8.78 Å². The molecule has 0 saturated heterocycles. The van der Waals surface area contributed by atoms with Gasteiger partial charge in [0.1, 0.15) is 6.04 Å². The molecule has 0 spiro atoms. The molecule has 0 aliphatic rings. The number of nitrogens with two attached hydrogens (primary N) is 1. The molecule has 0 heterocycles. The molecule has 0 aliphatic carbocycles. The Morgan fingerprint density at radius 3 is 2.71 bits per heavy atom. The SMILES string of the molecule is CCOC(=O)C(N)Cc1ccc(F)c(F)c1C. The molecule has 2 N–H and O–H groups in total. The predicted molar refractivity (Wildman–Crippen MR) is 59.4 cm³/mol. The number of esters is 1. The van der Waals surface area contributed by atoms with Crippen molar-refractivity contribution in [2.75, 3.05) is 6.61 Å². The second-order valence-electron chi connectivity index (χ2n) is 3.71. The molecule has 1 rings (SSSR count). The van der Waals surface area contributed by atoms with Gasteiger partial charge in [-0.05, 0) is 37.5 Å². The summed E-state index contributed by atoms with van der Waals surface area (Å²) in [5.74, 6) is -2.36. The summed E-state index contributed by atoms with van der Waals surface area (Å²) in [6.07, 6.45) is 0.127. The molecule has 1 aromatic carbocycles. The Labute approximate surface area is 98.6 Å². The highest BCUT2D eigenvalue weighted by atomic mass is 19.2. The summed E-state index contributed by atoms with van der Waals surface area (Å²) in [5.41, 5.74) is 6.28. The lowest BCUT2D eigenvalue weighted by molar-refractivity contribution is -0.144. The van der Waals surface area contributed by atoms with E-state index in [1.165, 1.54) is 13.0 Å². The fourth-order valence-corrected chi connectivity index (χ4v) is 1.48. The van der Waals surface area contributed by atoms with E-state index in [0.29, 0.717) is 5.56 Å². The van der Waals surface area contributed by atoms with Crippen LogP contribution in [0.1, 0.15) is 18.1 Å². The van der Waals surface area contributed by atoms with Crippen LogP contribution in [0.15, 0.2) is 12.1 Å². The number of benzene rings is 1. The van der Waals surface area contributed by atoms with Crippen molar-refractivity contribution in [3.8, 4) is 0 Å². The smallest absolute Gasteiger partial charge is 0.323 e. The summed E-state index contributed by atoms with van der Waals surface area (Å²) < 4.78 is 30.9. The van der Waals surface area contributed by atoms with Crippen LogP contribution in [0, 0.1) is 18.6 Å². The van der Waals surface area contributed by atoms with E-state index in [0.717, 1.165) is 6.07 Å². The van der Waals surface area contributed by atoms with Crippen LogP contribution in [0.5, 0.6) is 0 Å². The van der Waals surface area contributed by atoms with Gasteiger partial charge in [-0.15, -0.1) is 0 Å². The minimum absolute atomic E-state index is 0.127. The van der Waals surface area contributed by atoms with Crippen LogP contribution in [0.3, 0.4) is 0 Å². The quantitative estimate of drug-likeness (QED) is 0.819. The van der Waals surface area contributed by atoms with Crippen LogP contribution < -0.4 is 5.73 Å². The van der Waals surface area contributed by atoms with E-state index in [9.17, 15) is 13.6 Å². The topological polar surface area (TPSA) is 52.3 Å². The highest BCUT2D eigenvalue weighted by Crippen LogP contribution is 2.17. The monoisotopic (exact) mass is 243 g/mol. The summed E-state index contributed by atoms with van der Waals surface area (Å²) in [6, 6.07) is 1.58. The van der Waals surface area contributed by atoms with Gasteiger partial charge in [-0.2, -0.15) is 0 Å². The highest BCUT2D eigenvalue weighted by molar-refractivity contribution is 5.75. The van der Waals surface area contributed by atoms with Crippen molar-refractivity contribution in [2.45, 2.75) is 26.3 Å². The summed E-state index contributed by atoms with van der Waals surface area (Å²) in [7, 11) is 0. The van der Waals surface area contributed by atoms with Crippen molar-refractivity contribution in [1.29, 1.82) is 0 Å². The van der Waals surface area contributed by atoms with Gasteiger partial charge < -0.3 is 10.5 Å². The highest BCUT2D eigenvalue weighted by Gasteiger charge is 2.18. The molecular weight excluding hydrogens is 228 g/mol. The van der Waals surface area contributed by atoms with Crippen molar-refractivity contribution in [2.24, 2.45) is 5.73 Å². The fraction of sp³-hybridized carbons (Fsp3) is 0.417. The molecule has 1 unspecified atom stereocenters. The van der Waals surface area contributed by atoms with Gasteiger partial charge in [-0.1, -0.05) is 6.07 Å². The van der Waals surface area contributed by atoms with E-state index in [1.54, 1.807) is 6.92 Å². The van der Waals surface area contributed by atoms with Gasteiger partial charge in [-0.25, -0.2) is 8.78 Å². The summed E-state index contributed by atoms with van der Waals surface area (Å²) >= 11 is 0. The molecule has 5 heteroatoms. The molecule has 0 aliphatic heterocycles. The third-order valence-electron chi connectivity index (χ3n) is 2.48. The van der Waals surface area contributed by atoms with E-state index >= 15 is 0 Å². The normalized spacial score (nSPS) is 12.3. The Hall–Kier alpha value is -1.49. The Balaban J connectivity index is 2.82. The molecule has 0 bridgehead atoms. The van der Waals surface area contributed by atoms with Crippen LogP contribution in [-0.2, 0) is 16.0 Å². The van der Waals surface area contributed by atoms with Gasteiger partial charge in [0.05, 0.1) is 6.61 Å². The number of hydrogen-bond acceptors (Lipinski definition) is 3. The molecule has 0 fully saturated rings. The molecule has 17 heavy (non-hydrogen) atoms. The van der Waals surface area contributed by atoms with E-state index in [-0.39, 0.29) is 18.6 Å². The maximum atomic E-state index is 13.3. The standard InChI is InChI=1S/C12H15F2NO2/c1-3-17-12(16)10(15)6-8-4-5-9(13)11(14)7(8)2/h4-5,10H,3,6,15H2,1-2H3. The predicted octanol–water partition coefficient (Wildman–Crippen LogP) is 1.71. The maximum Gasteiger partial charge on any atom is 0.323 e. The van der Waals surface area contributed by atoms with Crippen molar-refractivity contribution in [3.05, 3.63) is 34.9 Å². The second-order valence-corrected chi connectivity index (χ2v) is 3.71. The summed E-state index contributed by atoms with van der Waals surface area (Å²) in [6.45, 7) is 3.36. The third-order valence-corrected chi connectivity index (χ3v) is 2.48. The second kappa shape index (κ2) is 5.72. The lowest BCUT2D eigenvalue weighted by Gasteiger charge is -2.12. The first kappa shape index (κ1) is 13.6. The van der Waals surface area contributed by atoms with Gasteiger partial charge in [0.25, 0.3) is 0 Å². The average Bonchev–Trinajstić information content (AvgIpc) is 2.30. The zero-order valence-electron chi connectivity index (χ0n) is 9.80. The first-order valence-corrected chi connectivity index (χ1v) is 5.33. The van der Waals surface area contributed by atoms with Crippen LogP contribution in [0.25, 0.3) is 0 Å². The number of rotatable bonds is 4. The lowest BCUT2D eigenvalue weighted by atomic mass is 10.0. The number of halogens is 2. The minimum Gasteiger partial charge on any atom is -0.465 e. The van der Waals surface area contributed by atoms with E-state index in [1.807, 2.05) is 0 Å². The van der Waals surface area contributed by atoms with Gasteiger partial charge in [0, 0.05) is 0 Å². The van der Waals surface area contributed by atoms with Gasteiger partial charge in [0.15, 0.2) is 11.6 Å². The Morgan fingerprint density at radius 2 is 2.12 bits per heavy atom. The molecule has 1 aromatic rings. The van der Waals surface area contributed by atoms with Gasteiger partial charge in [0.2, 0.25) is 0 Å². The largest absolute Gasteiger partial charge is 0.465 e. The van der Waals surface area contributed by atoms with Crippen LogP contribution >= 0.6 is 0 Å². The van der Waals surface area contributed by atoms with Crippen molar-refractivity contribution in [3.63, 3.8) is 0 Å². The van der Waals surface area contributed by atoms with Crippen molar-refractivity contribution in [1.82, 2.24) is 0 Å². The fourth-order valence-electron chi connectivity index (χ4n) is 1.48. The molecule has 0 radical (unpaired) electrons. The van der Waals surface area contributed by atoms with Crippen LogP contribution in [-0.4, -0.2) is 18.6 Å². The Bertz CT molecular complexity index is 421. The Kier molecular flexibility index (Phi) is 4.57. The minimum atomic E-state index is -0.907. The molecule has 3 nitrogen and oxygen atoms in total. The molecule has 1 atom stereocenters. The van der Waals surface area contributed by atoms with Crippen LogP contribution in [0.2, 0.25) is 0 Å². The number of carbonyl (C=O) groups is 1.